The minimum absolute atomic E-state index is 0. The third kappa shape index (κ3) is 4.01. The van der Waals surface area contributed by atoms with Gasteiger partial charge in [-0.1, -0.05) is 18.2 Å². The van der Waals surface area contributed by atoms with Crippen molar-refractivity contribution in [3.63, 3.8) is 0 Å². The molecule has 3 N–H and O–H groups in total. The van der Waals surface area contributed by atoms with Gasteiger partial charge < -0.3 is 14.7 Å². The molecule has 0 aliphatic rings. The summed E-state index contributed by atoms with van der Waals surface area (Å²) < 4.78 is 1.99. The predicted molar refractivity (Wildman–Crippen MR) is 127 cm³/mol. The van der Waals surface area contributed by atoms with Crippen molar-refractivity contribution in [1.29, 1.82) is 0 Å². The first-order valence-corrected chi connectivity index (χ1v) is 9.88. The van der Waals surface area contributed by atoms with Crippen molar-refractivity contribution in [1.82, 2.24) is 19.4 Å². The molecule has 4 aromatic rings. The van der Waals surface area contributed by atoms with E-state index in [9.17, 15) is 9.59 Å². The zero-order valence-electron chi connectivity index (χ0n) is 18.2. The quantitative estimate of drug-likeness (QED) is 0.448. The highest BCUT2D eigenvalue weighted by Gasteiger charge is 2.16. The molecule has 31 heavy (non-hydrogen) atoms. The van der Waals surface area contributed by atoms with Crippen LogP contribution in [0.25, 0.3) is 16.8 Å². The third-order valence-corrected chi connectivity index (χ3v) is 5.71. The summed E-state index contributed by atoms with van der Waals surface area (Å²) in [4.78, 5) is 33.9. The van der Waals surface area contributed by atoms with Gasteiger partial charge in [-0.3, -0.25) is 9.78 Å². The Bertz CT molecular complexity index is 1380. The van der Waals surface area contributed by atoms with Gasteiger partial charge in [0.05, 0.1) is 16.9 Å². The summed E-state index contributed by atoms with van der Waals surface area (Å²) in [6.45, 7) is 10.5. The van der Waals surface area contributed by atoms with Gasteiger partial charge in [0, 0.05) is 29.7 Å². The van der Waals surface area contributed by atoms with Crippen LogP contribution in [0.4, 0.5) is 5.69 Å². The van der Waals surface area contributed by atoms with E-state index in [1.54, 1.807) is 6.92 Å². The van der Waals surface area contributed by atoms with E-state index >= 15 is 0 Å². The van der Waals surface area contributed by atoms with Gasteiger partial charge in [-0.25, -0.2) is 9.78 Å². The molecule has 0 bridgehead atoms. The fourth-order valence-corrected chi connectivity index (χ4v) is 3.90. The average molecular weight is 440 g/mol. The van der Waals surface area contributed by atoms with Crippen molar-refractivity contribution in [2.24, 2.45) is 0 Å². The number of rotatable bonds is 4. The number of halogens is 1. The van der Waals surface area contributed by atoms with Crippen LogP contribution in [0.15, 0.2) is 40.1 Å². The Hall–Kier alpha value is -3.32. The Morgan fingerprint density at radius 3 is 2.35 bits per heavy atom. The summed E-state index contributed by atoms with van der Waals surface area (Å²) in [5, 5.41) is 3.52. The molecule has 7 nitrogen and oxygen atoms in total. The van der Waals surface area contributed by atoms with Gasteiger partial charge in [0.1, 0.15) is 0 Å². The lowest BCUT2D eigenvalue weighted by Gasteiger charge is -2.14. The lowest BCUT2D eigenvalue weighted by Crippen LogP contribution is -2.25. The van der Waals surface area contributed by atoms with E-state index in [4.69, 9.17) is 4.98 Å². The molecule has 0 aliphatic carbocycles. The summed E-state index contributed by atoms with van der Waals surface area (Å²) >= 11 is 0. The highest BCUT2D eigenvalue weighted by atomic mass is 35.5. The molecule has 0 amide bonds. The van der Waals surface area contributed by atoms with Crippen LogP contribution in [-0.4, -0.2) is 19.4 Å². The number of hydrogen-bond donors (Lipinski definition) is 3. The Morgan fingerprint density at radius 1 is 1.03 bits per heavy atom. The zero-order valence-corrected chi connectivity index (χ0v) is 19.0. The number of hydrogen-bond acceptors (Lipinski definition) is 4. The second-order valence-electron chi connectivity index (χ2n) is 7.75. The van der Waals surface area contributed by atoms with Crippen molar-refractivity contribution >= 4 is 23.7 Å². The molecule has 0 saturated carbocycles. The largest absolute Gasteiger partial charge is 0.378 e. The van der Waals surface area contributed by atoms with Gasteiger partial charge in [0.25, 0.3) is 5.56 Å². The maximum absolute atomic E-state index is 12.5. The zero-order chi connectivity index (χ0) is 21.6. The number of nitrogens with zero attached hydrogens (tertiary/aromatic N) is 2. The second kappa shape index (κ2) is 8.43. The van der Waals surface area contributed by atoms with Crippen LogP contribution < -0.4 is 16.6 Å². The molecule has 3 heterocycles. The van der Waals surface area contributed by atoms with Crippen LogP contribution in [0.2, 0.25) is 0 Å². The molecular weight excluding hydrogens is 414 g/mol. The van der Waals surface area contributed by atoms with Gasteiger partial charge in [-0.15, -0.1) is 12.4 Å². The lowest BCUT2D eigenvalue weighted by molar-refractivity contribution is 0.995. The number of benzene rings is 1. The minimum atomic E-state index is -0.509. The predicted octanol–water partition coefficient (Wildman–Crippen LogP) is 3.95. The van der Waals surface area contributed by atoms with Crippen molar-refractivity contribution in [2.45, 2.75) is 41.2 Å². The molecule has 162 valence electrons. The molecule has 0 atom stereocenters. The molecule has 4 rings (SSSR count). The first-order valence-electron chi connectivity index (χ1n) is 9.88. The smallest absolute Gasteiger partial charge is 0.325 e. The summed E-state index contributed by atoms with van der Waals surface area (Å²) in [6.07, 6.45) is 1.89. The van der Waals surface area contributed by atoms with Gasteiger partial charge in [-0.05, 0) is 57.4 Å². The van der Waals surface area contributed by atoms with Gasteiger partial charge in [0.15, 0.2) is 5.65 Å². The molecule has 0 radical (unpaired) electrons. The minimum Gasteiger partial charge on any atom is -0.378 e. The molecule has 0 fully saturated rings. The third-order valence-electron chi connectivity index (χ3n) is 5.71. The van der Waals surface area contributed by atoms with Crippen LogP contribution >= 0.6 is 12.4 Å². The number of pyridine rings is 1. The fourth-order valence-electron chi connectivity index (χ4n) is 3.90. The van der Waals surface area contributed by atoms with E-state index in [-0.39, 0.29) is 12.4 Å². The van der Waals surface area contributed by atoms with Crippen molar-refractivity contribution in [3.8, 4) is 11.1 Å². The standard InChI is InChI=1S/C23H25N5O2.ClH/c1-12-7-6-8-13(2)18(12)10-24-19-9-17(11-28-16(5)14(3)25-21(19)28)20-15(4)26-23(30)27-22(20)29;/h6-9,11,24H,10H2,1-5H3,(H2,26,27,29,30);1H. The number of aromatic nitrogens is 4. The van der Waals surface area contributed by atoms with E-state index in [0.29, 0.717) is 23.4 Å². The van der Waals surface area contributed by atoms with Crippen molar-refractivity contribution in [2.75, 3.05) is 5.32 Å². The van der Waals surface area contributed by atoms with Crippen LogP contribution in [0.1, 0.15) is 33.8 Å². The molecule has 0 aliphatic heterocycles. The normalized spacial score (nSPS) is 10.9. The fraction of sp³-hybridized carbons (Fsp3) is 0.261. The first-order chi connectivity index (χ1) is 14.3. The maximum Gasteiger partial charge on any atom is 0.325 e. The van der Waals surface area contributed by atoms with E-state index in [1.165, 1.54) is 16.7 Å². The topological polar surface area (TPSA) is 95.0 Å². The highest BCUT2D eigenvalue weighted by molar-refractivity contribution is 5.85. The van der Waals surface area contributed by atoms with Crippen molar-refractivity contribution < 1.29 is 0 Å². The SMILES string of the molecule is Cc1cccc(C)c1CNc1cc(-c2c(C)[nH]c(=O)[nH]c2=O)cn2c(C)c(C)nc12.Cl. The van der Waals surface area contributed by atoms with Crippen LogP contribution in [0.3, 0.4) is 0 Å². The number of aryl methyl sites for hydroxylation is 5. The Morgan fingerprint density at radius 2 is 1.71 bits per heavy atom. The van der Waals surface area contributed by atoms with Crippen LogP contribution in [0.5, 0.6) is 0 Å². The highest BCUT2D eigenvalue weighted by Crippen LogP contribution is 2.28. The molecule has 0 saturated heterocycles. The number of H-pyrrole nitrogens is 2. The van der Waals surface area contributed by atoms with Crippen LogP contribution in [-0.2, 0) is 6.54 Å². The summed E-state index contributed by atoms with van der Waals surface area (Å²) in [5.74, 6) is 0. The monoisotopic (exact) mass is 439 g/mol. The molecule has 0 unspecified atom stereocenters. The molecule has 3 aromatic heterocycles. The van der Waals surface area contributed by atoms with E-state index in [0.717, 1.165) is 22.7 Å². The lowest BCUT2D eigenvalue weighted by atomic mass is 10.0. The number of fused-ring (bicyclic) bond motifs is 1. The van der Waals surface area contributed by atoms with Crippen LogP contribution in [0, 0.1) is 34.6 Å². The van der Waals surface area contributed by atoms with Crippen molar-refractivity contribution in [3.05, 3.63) is 85.1 Å². The van der Waals surface area contributed by atoms with Gasteiger partial charge in [-0.2, -0.15) is 0 Å². The van der Waals surface area contributed by atoms with E-state index < -0.39 is 11.2 Å². The van der Waals surface area contributed by atoms with E-state index in [2.05, 4.69) is 47.3 Å². The molecule has 1 aromatic carbocycles. The Kier molecular flexibility index (Phi) is 6.08. The molecule has 8 heteroatoms. The first kappa shape index (κ1) is 22.4. The Labute approximate surface area is 186 Å². The van der Waals surface area contributed by atoms with Gasteiger partial charge >= 0.3 is 5.69 Å². The number of imidazole rings is 1. The summed E-state index contributed by atoms with van der Waals surface area (Å²) in [6, 6.07) is 8.18. The average Bonchev–Trinajstić information content (AvgIpc) is 2.95. The number of nitrogens with one attached hydrogen (secondary N) is 3. The van der Waals surface area contributed by atoms with E-state index in [1.807, 2.05) is 30.5 Å². The summed E-state index contributed by atoms with van der Waals surface area (Å²) in [5.41, 5.74) is 7.99. The van der Waals surface area contributed by atoms with Gasteiger partial charge in [0.2, 0.25) is 0 Å². The second-order valence-corrected chi connectivity index (χ2v) is 7.75. The Balaban J connectivity index is 0.00000272. The number of aromatic amines is 2. The molecule has 0 spiro atoms. The number of anilines is 1. The molecular formula is C23H26ClN5O2. The summed E-state index contributed by atoms with van der Waals surface area (Å²) in [7, 11) is 0. The maximum atomic E-state index is 12.5.